The highest BCUT2D eigenvalue weighted by Gasteiger charge is 2.14. The summed E-state index contributed by atoms with van der Waals surface area (Å²) in [6.45, 7) is 6.47. The third-order valence-electron chi connectivity index (χ3n) is 5.65. The number of carbonyl (C=O) groups excluding carboxylic acids is 1. The highest BCUT2D eigenvalue weighted by Crippen LogP contribution is 2.20. The summed E-state index contributed by atoms with van der Waals surface area (Å²) >= 11 is 0. The molecule has 166 valence electrons. The van der Waals surface area contributed by atoms with E-state index in [4.69, 9.17) is 9.47 Å². The van der Waals surface area contributed by atoms with Crippen molar-refractivity contribution >= 4 is 11.6 Å². The first-order valence-electron chi connectivity index (χ1n) is 11.0. The van der Waals surface area contributed by atoms with Gasteiger partial charge in [0.2, 0.25) is 0 Å². The van der Waals surface area contributed by atoms with Crippen LogP contribution in [0.1, 0.15) is 27.0 Å². The monoisotopic (exact) mass is 430 g/mol. The number of hydrogen-bond donors (Lipinski definition) is 0. The Morgan fingerprint density at radius 3 is 2.47 bits per heavy atom. The molecule has 4 rings (SSSR count). The number of carbonyl (C=O) groups is 1. The lowest BCUT2D eigenvalue weighted by Gasteiger charge is -2.29. The van der Waals surface area contributed by atoms with Crippen LogP contribution in [0, 0.1) is 6.92 Å². The zero-order valence-electron chi connectivity index (χ0n) is 18.8. The quantitative estimate of drug-likeness (QED) is 0.546. The Bertz CT molecular complexity index is 1040. The predicted octanol–water partition coefficient (Wildman–Crippen LogP) is 4.68. The number of amides is 1. The molecule has 1 saturated heterocycles. The molecule has 0 saturated carbocycles. The third-order valence-corrected chi connectivity index (χ3v) is 5.65. The van der Waals surface area contributed by atoms with E-state index in [0.29, 0.717) is 24.5 Å². The van der Waals surface area contributed by atoms with Crippen LogP contribution in [0.3, 0.4) is 0 Å². The van der Waals surface area contributed by atoms with Crippen LogP contribution in [0.5, 0.6) is 5.75 Å². The molecule has 1 aliphatic rings. The van der Waals surface area contributed by atoms with Crippen molar-refractivity contribution in [2.45, 2.75) is 20.1 Å². The number of rotatable bonds is 7. The molecule has 0 N–H and O–H groups in total. The first-order valence-corrected chi connectivity index (χ1v) is 11.0. The summed E-state index contributed by atoms with van der Waals surface area (Å²) in [5.41, 5.74) is 5.24. The highest BCUT2D eigenvalue weighted by atomic mass is 16.5. The largest absolute Gasteiger partial charge is 0.489 e. The molecular weight excluding hydrogens is 400 g/mol. The van der Waals surface area contributed by atoms with Crippen molar-refractivity contribution in [3.8, 4) is 5.75 Å². The standard InChI is InChI=1S/C27H30N2O3/c1-21-5-3-6-23(17-21)20-32-26-8-4-7-24(18-26)27(30)28(2)19-22-9-11-25(12-10-22)29-13-15-31-16-14-29/h3-12,17-18H,13-16,19-20H2,1-2H3. The molecule has 1 aliphatic heterocycles. The van der Waals surface area contributed by atoms with E-state index in [0.717, 1.165) is 37.4 Å². The van der Waals surface area contributed by atoms with Crippen molar-refractivity contribution in [2.75, 3.05) is 38.3 Å². The number of anilines is 1. The summed E-state index contributed by atoms with van der Waals surface area (Å²) in [5, 5.41) is 0. The smallest absolute Gasteiger partial charge is 0.254 e. The van der Waals surface area contributed by atoms with E-state index in [1.807, 2.05) is 43.4 Å². The van der Waals surface area contributed by atoms with Gasteiger partial charge in [-0.15, -0.1) is 0 Å². The average Bonchev–Trinajstić information content (AvgIpc) is 2.83. The molecule has 5 heteroatoms. The van der Waals surface area contributed by atoms with Crippen LogP contribution in [0.15, 0.2) is 72.8 Å². The van der Waals surface area contributed by atoms with Gasteiger partial charge < -0.3 is 19.3 Å². The van der Waals surface area contributed by atoms with E-state index in [1.54, 1.807) is 4.90 Å². The molecule has 0 atom stereocenters. The molecule has 1 heterocycles. The van der Waals surface area contributed by atoms with E-state index in [1.165, 1.54) is 11.3 Å². The minimum absolute atomic E-state index is 0.0248. The third kappa shape index (κ3) is 5.68. The highest BCUT2D eigenvalue weighted by molar-refractivity contribution is 5.94. The van der Waals surface area contributed by atoms with Crippen molar-refractivity contribution in [3.63, 3.8) is 0 Å². The summed E-state index contributed by atoms with van der Waals surface area (Å²) in [4.78, 5) is 17.0. The van der Waals surface area contributed by atoms with Gasteiger partial charge in [0.05, 0.1) is 13.2 Å². The van der Waals surface area contributed by atoms with Gasteiger partial charge in [-0.3, -0.25) is 4.79 Å². The number of morpholine rings is 1. The Balaban J connectivity index is 1.35. The molecular formula is C27H30N2O3. The van der Waals surface area contributed by atoms with Crippen LogP contribution in [-0.2, 0) is 17.9 Å². The van der Waals surface area contributed by atoms with Crippen LogP contribution in [0.2, 0.25) is 0 Å². The van der Waals surface area contributed by atoms with E-state index in [9.17, 15) is 4.79 Å². The van der Waals surface area contributed by atoms with Gasteiger partial charge in [-0.1, -0.05) is 48.0 Å². The summed E-state index contributed by atoms with van der Waals surface area (Å²) in [7, 11) is 1.83. The summed E-state index contributed by atoms with van der Waals surface area (Å²) in [5.74, 6) is 0.670. The van der Waals surface area contributed by atoms with E-state index in [2.05, 4.69) is 48.2 Å². The van der Waals surface area contributed by atoms with Gasteiger partial charge >= 0.3 is 0 Å². The molecule has 3 aromatic carbocycles. The molecule has 0 radical (unpaired) electrons. The lowest BCUT2D eigenvalue weighted by Crippen LogP contribution is -2.36. The molecule has 0 unspecified atom stereocenters. The zero-order valence-corrected chi connectivity index (χ0v) is 18.8. The van der Waals surface area contributed by atoms with Crippen LogP contribution in [-0.4, -0.2) is 44.2 Å². The van der Waals surface area contributed by atoms with Crippen LogP contribution < -0.4 is 9.64 Å². The van der Waals surface area contributed by atoms with Crippen LogP contribution in [0.4, 0.5) is 5.69 Å². The fourth-order valence-electron chi connectivity index (χ4n) is 3.89. The first-order chi connectivity index (χ1) is 15.6. The number of benzene rings is 3. The Labute approximate surface area is 190 Å². The summed E-state index contributed by atoms with van der Waals surface area (Å²) < 4.78 is 11.3. The fraction of sp³-hybridized carbons (Fsp3) is 0.296. The Morgan fingerprint density at radius 1 is 0.969 bits per heavy atom. The normalized spacial score (nSPS) is 13.6. The SMILES string of the molecule is Cc1cccc(COc2cccc(C(=O)N(C)Cc3ccc(N4CCOCC4)cc3)c2)c1. The van der Waals surface area contributed by atoms with Gasteiger partial charge in [0, 0.05) is 37.9 Å². The second-order valence-corrected chi connectivity index (χ2v) is 8.23. The van der Waals surface area contributed by atoms with Gasteiger partial charge in [0.1, 0.15) is 12.4 Å². The van der Waals surface area contributed by atoms with E-state index >= 15 is 0 Å². The lowest BCUT2D eigenvalue weighted by molar-refractivity contribution is 0.0784. The van der Waals surface area contributed by atoms with E-state index in [-0.39, 0.29) is 5.91 Å². The summed E-state index contributed by atoms with van der Waals surface area (Å²) in [6, 6.07) is 24.1. The van der Waals surface area contributed by atoms with Crippen molar-refractivity contribution in [1.29, 1.82) is 0 Å². The van der Waals surface area contributed by atoms with Gasteiger partial charge in [-0.2, -0.15) is 0 Å². The van der Waals surface area contributed by atoms with Crippen LogP contribution >= 0.6 is 0 Å². The van der Waals surface area contributed by atoms with Crippen LogP contribution in [0.25, 0.3) is 0 Å². The number of nitrogens with zero attached hydrogens (tertiary/aromatic N) is 2. The van der Waals surface area contributed by atoms with Crippen molar-refractivity contribution in [2.24, 2.45) is 0 Å². The second-order valence-electron chi connectivity index (χ2n) is 8.23. The molecule has 1 amide bonds. The van der Waals surface area contributed by atoms with Gasteiger partial charge in [0.15, 0.2) is 0 Å². The number of ether oxygens (including phenoxy) is 2. The van der Waals surface area contributed by atoms with Gasteiger partial charge in [-0.25, -0.2) is 0 Å². The maximum atomic E-state index is 13.0. The first kappa shape index (κ1) is 21.9. The molecule has 3 aromatic rings. The minimum atomic E-state index is -0.0248. The lowest BCUT2D eigenvalue weighted by atomic mass is 10.1. The second kappa shape index (κ2) is 10.3. The Morgan fingerprint density at radius 2 is 1.72 bits per heavy atom. The Kier molecular flexibility index (Phi) is 7.07. The molecule has 0 aliphatic carbocycles. The maximum Gasteiger partial charge on any atom is 0.254 e. The maximum absolute atomic E-state index is 13.0. The predicted molar refractivity (Wildman–Crippen MR) is 127 cm³/mol. The molecule has 1 fully saturated rings. The van der Waals surface area contributed by atoms with Crippen molar-refractivity contribution in [1.82, 2.24) is 4.90 Å². The molecule has 0 spiro atoms. The van der Waals surface area contributed by atoms with Gasteiger partial charge in [-0.05, 0) is 48.4 Å². The average molecular weight is 431 g/mol. The number of aryl methyl sites for hydroxylation is 1. The topological polar surface area (TPSA) is 42.0 Å². The number of hydrogen-bond acceptors (Lipinski definition) is 4. The molecule has 5 nitrogen and oxygen atoms in total. The zero-order chi connectivity index (χ0) is 22.3. The molecule has 0 bridgehead atoms. The van der Waals surface area contributed by atoms with Crippen molar-refractivity contribution < 1.29 is 14.3 Å². The fourth-order valence-corrected chi connectivity index (χ4v) is 3.89. The molecule has 0 aromatic heterocycles. The summed E-state index contributed by atoms with van der Waals surface area (Å²) in [6.07, 6.45) is 0. The Hall–Kier alpha value is -3.31. The van der Waals surface area contributed by atoms with Crippen molar-refractivity contribution in [3.05, 3.63) is 95.1 Å². The van der Waals surface area contributed by atoms with Gasteiger partial charge in [0.25, 0.3) is 5.91 Å². The minimum Gasteiger partial charge on any atom is -0.489 e. The van der Waals surface area contributed by atoms with E-state index < -0.39 is 0 Å². The molecule has 32 heavy (non-hydrogen) atoms.